The molecule has 1 fully saturated rings. The Labute approximate surface area is 199 Å². The van der Waals surface area contributed by atoms with Crippen LogP contribution in [0.4, 0.5) is 5.69 Å². The molecule has 1 aliphatic heterocycles. The number of piperazine rings is 1. The van der Waals surface area contributed by atoms with Gasteiger partial charge in [-0.2, -0.15) is 5.10 Å². The zero-order chi connectivity index (χ0) is 21.3. The van der Waals surface area contributed by atoms with Crippen molar-refractivity contribution >= 4 is 41.5 Å². The van der Waals surface area contributed by atoms with Gasteiger partial charge in [0.05, 0.1) is 25.0 Å². The molecule has 11 heteroatoms. The molecule has 1 aliphatic rings. The van der Waals surface area contributed by atoms with Crippen molar-refractivity contribution in [2.24, 2.45) is 12.0 Å². The molecule has 0 atom stereocenters. The number of carbonyl (C=O) groups is 1. The van der Waals surface area contributed by atoms with Crippen molar-refractivity contribution < 1.29 is 14.3 Å². The number of carbonyl (C=O) groups excluding carboxylic acids is 1. The second-order valence-electron chi connectivity index (χ2n) is 6.82. The minimum atomic E-state index is 0. The van der Waals surface area contributed by atoms with Crippen molar-refractivity contribution in [1.29, 1.82) is 0 Å². The molecule has 0 radical (unpaired) electrons. The summed E-state index contributed by atoms with van der Waals surface area (Å²) >= 11 is 0. The van der Waals surface area contributed by atoms with Crippen LogP contribution in [0.2, 0.25) is 0 Å². The van der Waals surface area contributed by atoms with Gasteiger partial charge in [-0.1, -0.05) is 6.07 Å². The Balaban J connectivity index is 0.00000341. The fraction of sp³-hybridized carbons (Fsp3) is 0.500. The van der Waals surface area contributed by atoms with Gasteiger partial charge in [0.25, 0.3) is 0 Å². The van der Waals surface area contributed by atoms with E-state index in [2.05, 4.69) is 15.4 Å². The number of nitrogens with zero attached hydrogens (tertiary/aromatic N) is 6. The highest BCUT2D eigenvalue weighted by Gasteiger charge is 2.27. The SMILES string of the molecule is CCNC(=NCc1cccnc1OCCOC)N1CCN(c2cnn(C)c2)C(=O)C1.I. The number of aromatic nitrogens is 3. The number of hydrogen-bond acceptors (Lipinski definition) is 6. The van der Waals surface area contributed by atoms with Crippen LogP contribution in [0.3, 0.4) is 0 Å². The summed E-state index contributed by atoms with van der Waals surface area (Å²) in [5.74, 6) is 1.26. The number of hydrogen-bond donors (Lipinski definition) is 1. The maximum Gasteiger partial charge on any atom is 0.246 e. The van der Waals surface area contributed by atoms with E-state index < -0.39 is 0 Å². The van der Waals surface area contributed by atoms with Gasteiger partial charge in [0, 0.05) is 51.7 Å². The normalized spacial score (nSPS) is 14.4. The quantitative estimate of drug-likeness (QED) is 0.232. The monoisotopic (exact) mass is 543 g/mol. The molecule has 10 nitrogen and oxygen atoms in total. The lowest BCUT2D eigenvalue weighted by Gasteiger charge is -2.35. The molecule has 0 aromatic carbocycles. The highest BCUT2D eigenvalue weighted by Crippen LogP contribution is 2.18. The number of aryl methyl sites for hydroxylation is 1. The lowest BCUT2D eigenvalue weighted by molar-refractivity contribution is -0.120. The molecule has 2 aromatic rings. The molecule has 2 aromatic heterocycles. The summed E-state index contributed by atoms with van der Waals surface area (Å²) in [5.41, 5.74) is 1.70. The van der Waals surface area contributed by atoms with Crippen molar-refractivity contribution in [2.45, 2.75) is 13.5 Å². The van der Waals surface area contributed by atoms with Gasteiger partial charge in [-0.05, 0) is 13.0 Å². The number of aliphatic imine (C=N–C) groups is 1. The molecule has 31 heavy (non-hydrogen) atoms. The third-order valence-electron chi connectivity index (χ3n) is 4.63. The summed E-state index contributed by atoms with van der Waals surface area (Å²) in [6, 6.07) is 3.80. The van der Waals surface area contributed by atoms with Gasteiger partial charge in [-0.3, -0.25) is 9.48 Å². The summed E-state index contributed by atoms with van der Waals surface area (Å²) in [7, 11) is 3.47. The van der Waals surface area contributed by atoms with Crippen LogP contribution in [0.15, 0.2) is 35.7 Å². The Morgan fingerprint density at radius 2 is 2.16 bits per heavy atom. The van der Waals surface area contributed by atoms with E-state index in [1.54, 1.807) is 29.1 Å². The molecule has 1 saturated heterocycles. The third-order valence-corrected chi connectivity index (χ3v) is 4.63. The molecule has 0 aliphatic carbocycles. The molecule has 1 amide bonds. The number of ether oxygens (including phenoxy) is 2. The predicted molar refractivity (Wildman–Crippen MR) is 129 cm³/mol. The van der Waals surface area contributed by atoms with Crippen LogP contribution in [-0.4, -0.2) is 78.0 Å². The Hall–Kier alpha value is -2.41. The van der Waals surface area contributed by atoms with Crippen LogP contribution in [0.25, 0.3) is 0 Å². The van der Waals surface area contributed by atoms with Crippen LogP contribution in [-0.2, 0) is 23.1 Å². The van der Waals surface area contributed by atoms with E-state index in [0.29, 0.717) is 51.2 Å². The van der Waals surface area contributed by atoms with Crippen molar-refractivity contribution in [3.63, 3.8) is 0 Å². The highest BCUT2D eigenvalue weighted by molar-refractivity contribution is 14.0. The summed E-state index contributed by atoms with van der Waals surface area (Å²) in [4.78, 5) is 25.5. The Kier molecular flexibility index (Phi) is 9.98. The van der Waals surface area contributed by atoms with E-state index in [9.17, 15) is 4.79 Å². The number of anilines is 1. The topological polar surface area (TPSA) is 97.1 Å². The first-order valence-electron chi connectivity index (χ1n) is 10.00. The van der Waals surface area contributed by atoms with Gasteiger partial charge in [-0.15, -0.1) is 24.0 Å². The summed E-state index contributed by atoms with van der Waals surface area (Å²) in [6.07, 6.45) is 5.25. The van der Waals surface area contributed by atoms with Gasteiger partial charge in [0.1, 0.15) is 13.2 Å². The molecule has 0 unspecified atom stereocenters. The number of rotatable bonds is 8. The van der Waals surface area contributed by atoms with Gasteiger partial charge in [0.15, 0.2) is 5.96 Å². The lowest BCUT2D eigenvalue weighted by atomic mass is 10.2. The van der Waals surface area contributed by atoms with E-state index in [4.69, 9.17) is 14.5 Å². The van der Waals surface area contributed by atoms with Gasteiger partial charge >= 0.3 is 0 Å². The van der Waals surface area contributed by atoms with E-state index in [-0.39, 0.29) is 36.4 Å². The molecular formula is C20H30IN7O3. The fourth-order valence-corrected chi connectivity index (χ4v) is 3.16. The molecule has 3 heterocycles. The zero-order valence-electron chi connectivity index (χ0n) is 18.2. The number of amides is 1. The number of nitrogens with one attached hydrogen (secondary N) is 1. The Bertz CT molecular complexity index is 874. The van der Waals surface area contributed by atoms with Crippen LogP contribution in [0.1, 0.15) is 12.5 Å². The smallest absolute Gasteiger partial charge is 0.246 e. The minimum Gasteiger partial charge on any atom is -0.475 e. The fourth-order valence-electron chi connectivity index (χ4n) is 3.16. The molecule has 1 N–H and O–H groups in total. The summed E-state index contributed by atoms with van der Waals surface area (Å²) in [5, 5.41) is 7.44. The van der Waals surface area contributed by atoms with Crippen LogP contribution >= 0.6 is 24.0 Å². The van der Waals surface area contributed by atoms with Crippen LogP contribution in [0.5, 0.6) is 5.88 Å². The number of methoxy groups -OCH3 is 1. The molecular weight excluding hydrogens is 513 g/mol. The molecule has 3 rings (SSSR count). The van der Waals surface area contributed by atoms with Crippen LogP contribution < -0.4 is 15.0 Å². The molecule has 0 bridgehead atoms. The third kappa shape index (κ3) is 6.79. The van der Waals surface area contributed by atoms with Crippen molar-refractivity contribution in [1.82, 2.24) is 25.0 Å². The first kappa shape index (κ1) is 24.9. The first-order valence-corrected chi connectivity index (χ1v) is 10.00. The standard InChI is InChI=1S/C20H29N7O3.HI/c1-4-21-20(23-12-16-6-5-7-22-19(16)30-11-10-29-3)26-8-9-27(18(28)15-26)17-13-24-25(2)14-17;/h5-7,13-14H,4,8-12,15H2,1-3H3,(H,21,23);1H. The van der Waals surface area contributed by atoms with E-state index in [0.717, 1.165) is 11.3 Å². The summed E-state index contributed by atoms with van der Waals surface area (Å²) < 4.78 is 12.4. The average molecular weight is 543 g/mol. The summed E-state index contributed by atoms with van der Waals surface area (Å²) in [6.45, 7) is 5.54. The number of pyridine rings is 1. The van der Waals surface area contributed by atoms with Crippen LogP contribution in [0, 0.1) is 0 Å². The number of guanidine groups is 1. The van der Waals surface area contributed by atoms with Crippen molar-refractivity contribution in [3.8, 4) is 5.88 Å². The maximum absolute atomic E-state index is 12.7. The Morgan fingerprint density at radius 3 is 2.84 bits per heavy atom. The minimum absolute atomic E-state index is 0. The molecule has 0 saturated carbocycles. The van der Waals surface area contributed by atoms with E-state index >= 15 is 0 Å². The lowest BCUT2D eigenvalue weighted by Crippen LogP contribution is -2.55. The highest BCUT2D eigenvalue weighted by atomic mass is 127. The maximum atomic E-state index is 12.7. The predicted octanol–water partition coefficient (Wildman–Crippen LogP) is 1.27. The Morgan fingerprint density at radius 1 is 1.32 bits per heavy atom. The molecule has 0 spiro atoms. The van der Waals surface area contributed by atoms with E-state index in [1.165, 1.54) is 0 Å². The largest absolute Gasteiger partial charge is 0.475 e. The van der Waals surface area contributed by atoms with Crippen molar-refractivity contribution in [2.75, 3.05) is 51.4 Å². The number of halogens is 1. The van der Waals surface area contributed by atoms with Crippen molar-refractivity contribution in [3.05, 3.63) is 36.3 Å². The average Bonchev–Trinajstić information content (AvgIpc) is 3.18. The second kappa shape index (κ2) is 12.4. The second-order valence-corrected chi connectivity index (χ2v) is 6.82. The van der Waals surface area contributed by atoms with Gasteiger partial charge < -0.3 is 24.6 Å². The van der Waals surface area contributed by atoms with Gasteiger partial charge in [-0.25, -0.2) is 9.98 Å². The van der Waals surface area contributed by atoms with Gasteiger partial charge in [0.2, 0.25) is 11.8 Å². The van der Waals surface area contributed by atoms with E-state index in [1.807, 2.05) is 37.2 Å². The molecule has 170 valence electrons. The first-order chi connectivity index (χ1) is 14.6. The zero-order valence-corrected chi connectivity index (χ0v) is 20.5.